The predicted octanol–water partition coefficient (Wildman–Crippen LogP) is 3.18. The van der Waals surface area contributed by atoms with Gasteiger partial charge in [0.15, 0.2) is 0 Å². The molecule has 1 saturated carbocycles. The number of aryl methyl sites for hydroxylation is 1. The van der Waals surface area contributed by atoms with Crippen molar-refractivity contribution in [1.29, 1.82) is 0 Å². The van der Waals surface area contributed by atoms with E-state index in [1.54, 1.807) is 0 Å². The smallest absolute Gasteiger partial charge is 0.227 e. The van der Waals surface area contributed by atoms with Gasteiger partial charge in [-0.1, -0.05) is 0 Å². The molecule has 5 nitrogen and oxygen atoms in total. The lowest BCUT2D eigenvalue weighted by Gasteiger charge is -2.31. The first kappa shape index (κ1) is 17.4. The second-order valence-electron chi connectivity index (χ2n) is 8.06. The highest BCUT2D eigenvalue weighted by Gasteiger charge is 2.36. The first-order chi connectivity index (χ1) is 12.6. The Hall–Kier alpha value is -2.04. The van der Waals surface area contributed by atoms with Gasteiger partial charge in [0, 0.05) is 49.4 Å². The third kappa shape index (κ3) is 3.71. The van der Waals surface area contributed by atoms with Crippen LogP contribution in [0.4, 0.5) is 11.4 Å². The fourth-order valence-corrected chi connectivity index (χ4v) is 4.15. The normalized spacial score (nSPS) is 21.1. The van der Waals surface area contributed by atoms with E-state index < -0.39 is 0 Å². The van der Waals surface area contributed by atoms with Gasteiger partial charge < -0.3 is 15.1 Å². The number of benzene rings is 1. The Morgan fingerprint density at radius 3 is 2.27 bits per heavy atom. The molecule has 0 atom stereocenters. The molecular formula is C21H29N3O2. The van der Waals surface area contributed by atoms with Gasteiger partial charge in [0.25, 0.3) is 0 Å². The predicted molar refractivity (Wildman–Crippen MR) is 103 cm³/mol. The Morgan fingerprint density at radius 2 is 1.65 bits per heavy atom. The zero-order valence-corrected chi connectivity index (χ0v) is 15.7. The molecule has 26 heavy (non-hydrogen) atoms. The largest absolute Gasteiger partial charge is 0.372 e. The molecule has 0 radical (unpaired) electrons. The minimum atomic E-state index is 0.0101. The maximum Gasteiger partial charge on any atom is 0.227 e. The summed E-state index contributed by atoms with van der Waals surface area (Å²) in [5.74, 6) is 0.686. The van der Waals surface area contributed by atoms with Crippen molar-refractivity contribution in [2.24, 2.45) is 11.8 Å². The van der Waals surface area contributed by atoms with Crippen LogP contribution in [-0.2, 0) is 9.59 Å². The van der Waals surface area contributed by atoms with Gasteiger partial charge in [0.1, 0.15) is 0 Å². The van der Waals surface area contributed by atoms with Gasteiger partial charge in [-0.2, -0.15) is 0 Å². The van der Waals surface area contributed by atoms with Crippen molar-refractivity contribution in [2.75, 3.05) is 36.4 Å². The van der Waals surface area contributed by atoms with Gasteiger partial charge in [-0.25, -0.2) is 0 Å². The molecule has 1 aromatic rings. The molecule has 0 bridgehead atoms. The molecule has 1 aliphatic carbocycles. The summed E-state index contributed by atoms with van der Waals surface area (Å²) in [5, 5.41) is 3.12. The number of hydrogen-bond donors (Lipinski definition) is 1. The zero-order valence-electron chi connectivity index (χ0n) is 15.7. The van der Waals surface area contributed by atoms with Crippen molar-refractivity contribution in [3.63, 3.8) is 0 Å². The molecule has 0 unspecified atom stereocenters. The zero-order chi connectivity index (χ0) is 18.1. The van der Waals surface area contributed by atoms with Gasteiger partial charge in [0.2, 0.25) is 11.8 Å². The highest BCUT2D eigenvalue weighted by atomic mass is 16.2. The van der Waals surface area contributed by atoms with Crippen LogP contribution in [0.1, 0.15) is 44.1 Å². The number of anilines is 2. The minimum absolute atomic E-state index is 0.0101. The number of rotatable bonds is 4. The summed E-state index contributed by atoms with van der Waals surface area (Å²) in [5.41, 5.74) is 3.28. The van der Waals surface area contributed by atoms with E-state index in [2.05, 4.69) is 29.3 Å². The maximum absolute atomic E-state index is 12.7. The number of nitrogens with zero attached hydrogens (tertiary/aromatic N) is 2. The lowest BCUT2D eigenvalue weighted by atomic mass is 9.95. The van der Waals surface area contributed by atoms with E-state index in [0.29, 0.717) is 5.91 Å². The summed E-state index contributed by atoms with van der Waals surface area (Å²) in [7, 11) is 0. The Labute approximate surface area is 155 Å². The van der Waals surface area contributed by atoms with Crippen molar-refractivity contribution >= 4 is 23.2 Å². The van der Waals surface area contributed by atoms with E-state index in [1.165, 1.54) is 18.5 Å². The van der Waals surface area contributed by atoms with Crippen molar-refractivity contribution in [1.82, 2.24) is 4.90 Å². The topological polar surface area (TPSA) is 52.7 Å². The van der Waals surface area contributed by atoms with Crippen LogP contribution in [0.25, 0.3) is 0 Å². The summed E-state index contributed by atoms with van der Waals surface area (Å²) in [4.78, 5) is 29.2. The second kappa shape index (κ2) is 7.29. The Kier molecular flexibility index (Phi) is 4.88. The van der Waals surface area contributed by atoms with E-state index in [1.807, 2.05) is 11.0 Å². The summed E-state index contributed by atoms with van der Waals surface area (Å²) >= 11 is 0. The molecule has 1 aromatic carbocycles. The monoisotopic (exact) mass is 355 g/mol. The number of hydrogen-bond acceptors (Lipinski definition) is 3. The summed E-state index contributed by atoms with van der Waals surface area (Å²) < 4.78 is 0. The molecule has 2 saturated heterocycles. The molecule has 0 spiro atoms. The molecule has 2 aliphatic heterocycles. The molecule has 140 valence electrons. The van der Waals surface area contributed by atoms with Crippen LogP contribution in [0, 0.1) is 18.8 Å². The number of piperidine rings is 1. The minimum Gasteiger partial charge on any atom is -0.372 e. The molecule has 1 N–H and O–H groups in total. The Balaban J connectivity index is 1.32. The van der Waals surface area contributed by atoms with Crippen LogP contribution in [0.5, 0.6) is 0 Å². The number of carbonyl (C=O) groups excluding carboxylic acids is 2. The van der Waals surface area contributed by atoms with Gasteiger partial charge in [-0.15, -0.1) is 0 Å². The number of amides is 2. The first-order valence-electron chi connectivity index (χ1n) is 10.1. The van der Waals surface area contributed by atoms with Gasteiger partial charge >= 0.3 is 0 Å². The van der Waals surface area contributed by atoms with Crippen LogP contribution in [-0.4, -0.2) is 42.9 Å². The van der Waals surface area contributed by atoms with E-state index in [4.69, 9.17) is 0 Å². The van der Waals surface area contributed by atoms with Crippen molar-refractivity contribution in [3.8, 4) is 0 Å². The fourth-order valence-electron chi connectivity index (χ4n) is 4.15. The lowest BCUT2D eigenvalue weighted by Crippen LogP contribution is -2.42. The summed E-state index contributed by atoms with van der Waals surface area (Å²) in [6, 6.07) is 6.33. The average molecular weight is 355 g/mol. The highest BCUT2D eigenvalue weighted by Crippen LogP contribution is 2.33. The van der Waals surface area contributed by atoms with Crippen LogP contribution >= 0.6 is 0 Å². The van der Waals surface area contributed by atoms with E-state index in [9.17, 15) is 9.59 Å². The molecule has 2 amide bonds. The van der Waals surface area contributed by atoms with Crippen LogP contribution in [0.3, 0.4) is 0 Å². The molecule has 3 fully saturated rings. The molecular weight excluding hydrogens is 326 g/mol. The quantitative estimate of drug-likeness (QED) is 0.902. The highest BCUT2D eigenvalue weighted by molar-refractivity contribution is 5.93. The third-order valence-electron chi connectivity index (χ3n) is 6.04. The standard InChI is InChI=1S/C21H29N3O2/c1-15-14-18(23-10-2-3-11-23)6-7-19(15)22-20(25)16-8-12-24(13-9-16)21(26)17-4-5-17/h6-7,14,16-17H,2-5,8-13H2,1H3,(H,22,25). The third-order valence-corrected chi connectivity index (χ3v) is 6.04. The van der Waals surface area contributed by atoms with Crippen LogP contribution in [0.15, 0.2) is 18.2 Å². The summed E-state index contributed by atoms with van der Waals surface area (Å²) in [6.45, 7) is 5.76. The van der Waals surface area contributed by atoms with Gasteiger partial charge in [-0.05, 0) is 69.2 Å². The molecule has 2 heterocycles. The maximum atomic E-state index is 12.7. The summed E-state index contributed by atoms with van der Waals surface area (Å²) in [6.07, 6.45) is 6.17. The average Bonchev–Trinajstić information content (AvgIpc) is 3.37. The second-order valence-corrected chi connectivity index (χ2v) is 8.06. The Morgan fingerprint density at radius 1 is 0.962 bits per heavy atom. The molecule has 0 aromatic heterocycles. The SMILES string of the molecule is Cc1cc(N2CCCC2)ccc1NC(=O)C1CCN(C(=O)C2CC2)CC1. The number of nitrogens with one attached hydrogen (secondary N) is 1. The molecule has 3 aliphatic rings. The van der Waals surface area contributed by atoms with Crippen LogP contribution in [0.2, 0.25) is 0 Å². The first-order valence-corrected chi connectivity index (χ1v) is 10.1. The number of carbonyl (C=O) groups is 2. The van der Waals surface area contributed by atoms with Gasteiger partial charge in [-0.3, -0.25) is 9.59 Å². The van der Waals surface area contributed by atoms with E-state index in [0.717, 1.165) is 63.1 Å². The molecule has 5 heteroatoms. The van der Waals surface area contributed by atoms with Crippen molar-refractivity contribution < 1.29 is 9.59 Å². The Bertz CT molecular complexity index is 684. The van der Waals surface area contributed by atoms with E-state index >= 15 is 0 Å². The van der Waals surface area contributed by atoms with Crippen LogP contribution < -0.4 is 10.2 Å². The van der Waals surface area contributed by atoms with Crippen molar-refractivity contribution in [3.05, 3.63) is 23.8 Å². The van der Waals surface area contributed by atoms with Gasteiger partial charge in [0.05, 0.1) is 0 Å². The lowest BCUT2D eigenvalue weighted by molar-refractivity contribution is -0.135. The number of likely N-dealkylation sites (tertiary alicyclic amines) is 1. The van der Waals surface area contributed by atoms with E-state index in [-0.39, 0.29) is 17.7 Å². The van der Waals surface area contributed by atoms with Crippen molar-refractivity contribution in [2.45, 2.75) is 45.4 Å². The molecule has 4 rings (SSSR count). The fraction of sp³-hybridized carbons (Fsp3) is 0.619.